The largest absolute Gasteiger partial charge is 0.506 e. The number of nitro benzene ring substituents is 1. The minimum atomic E-state index is -0.674. The number of ether oxygens (including phenoxy) is 2. The molecule has 9 aromatic rings. The number of aromatic nitrogens is 8. The number of aromatic hydroxyl groups is 1. The first-order valence-corrected chi connectivity index (χ1v) is 33.9. The Labute approximate surface area is 571 Å². The molecule has 504 valence electrons. The molecule has 2 aliphatic heterocycles. The number of hydrazone groups is 1. The van der Waals surface area contributed by atoms with E-state index in [0.717, 1.165) is 73.2 Å². The summed E-state index contributed by atoms with van der Waals surface area (Å²) in [6.07, 6.45) is 3.92. The molecule has 0 aliphatic carbocycles. The van der Waals surface area contributed by atoms with Crippen LogP contribution in [-0.2, 0) is 34.0 Å². The summed E-state index contributed by atoms with van der Waals surface area (Å²) in [7, 11) is 1.75. The molecule has 2 aromatic heterocycles. The van der Waals surface area contributed by atoms with Gasteiger partial charge in [-0.25, -0.2) is 4.68 Å². The van der Waals surface area contributed by atoms with Crippen LogP contribution in [0.15, 0.2) is 161 Å². The number of carbonyl (C=O) groups is 4. The van der Waals surface area contributed by atoms with E-state index in [1.807, 2.05) is 76.2 Å². The minimum Gasteiger partial charge on any atom is -0.506 e. The number of phenols is 1. The first-order valence-electron chi connectivity index (χ1n) is 32.2. The van der Waals surface area contributed by atoms with Crippen LogP contribution >= 0.6 is 23.5 Å². The zero-order valence-corrected chi connectivity index (χ0v) is 57.7. The zero-order valence-electron chi connectivity index (χ0n) is 56.1. The third-order valence-corrected chi connectivity index (χ3v) is 19.6. The molecule has 0 radical (unpaired) electrons. The molecule has 97 heavy (non-hydrogen) atoms. The topological polar surface area (TPSA) is 283 Å². The van der Waals surface area contributed by atoms with Gasteiger partial charge in [0.05, 0.1) is 28.4 Å². The molecular weight excluding hydrogens is 1270 g/mol. The van der Waals surface area contributed by atoms with Gasteiger partial charge in [-0.1, -0.05) is 133 Å². The molecular formula is C71H79N15O9S2. The minimum absolute atomic E-state index is 0.0306. The van der Waals surface area contributed by atoms with Gasteiger partial charge in [0.15, 0.2) is 11.4 Å². The van der Waals surface area contributed by atoms with Crippen molar-refractivity contribution in [3.63, 3.8) is 0 Å². The van der Waals surface area contributed by atoms with Crippen molar-refractivity contribution in [3.05, 3.63) is 184 Å². The molecule has 0 bridgehead atoms. The van der Waals surface area contributed by atoms with Crippen LogP contribution in [0.5, 0.6) is 23.0 Å². The first kappa shape index (κ1) is 69.6. The van der Waals surface area contributed by atoms with Crippen LogP contribution in [0.4, 0.5) is 27.5 Å². The number of rotatable bonds is 22. The van der Waals surface area contributed by atoms with Crippen molar-refractivity contribution < 1.29 is 38.7 Å². The number of aryl methyl sites for hydroxylation is 2. The lowest BCUT2D eigenvalue weighted by atomic mass is 9.76. The number of amidine groups is 1. The molecule has 24 nitrogen and oxygen atoms in total. The smallest absolute Gasteiger partial charge is 0.290 e. The van der Waals surface area contributed by atoms with Gasteiger partial charge in [-0.3, -0.25) is 29.3 Å². The number of fused-ring (bicyclic) bond motifs is 1. The summed E-state index contributed by atoms with van der Waals surface area (Å²) in [5.41, 5.74) is 5.75. The second kappa shape index (κ2) is 30.3. The van der Waals surface area contributed by atoms with E-state index in [9.17, 15) is 34.4 Å². The summed E-state index contributed by atoms with van der Waals surface area (Å²) < 4.78 is 15.9. The number of para-hydroxylation sites is 2. The lowest BCUT2D eigenvalue weighted by molar-refractivity contribution is -0.385. The first-order chi connectivity index (χ1) is 46.5. The average molecular weight is 1350 g/mol. The summed E-state index contributed by atoms with van der Waals surface area (Å²) >= 11 is 2.13. The third-order valence-electron chi connectivity index (χ3n) is 17.6. The molecule has 7 aromatic carbocycles. The Morgan fingerprint density at radius 3 is 2.08 bits per heavy atom. The quantitative estimate of drug-likeness (QED) is 0.0323. The number of hydrogen-bond acceptors (Lipinski definition) is 19. The van der Waals surface area contributed by atoms with Crippen molar-refractivity contribution in [2.45, 2.75) is 146 Å². The predicted molar refractivity (Wildman–Crippen MR) is 376 cm³/mol. The summed E-state index contributed by atoms with van der Waals surface area (Å²) in [5.74, 6) is 0.745. The standard InChI is InChI=1S/C36H31N7O6S.C35H48N8O3S/c1-22(2)41(36(46)50-35-38-39-40-42(35)25-12-5-4-6-13-25)21-24-19-26(43(47)48)17-18-31(24)49-32-20-29(33(44)28-15-9-8-14-27(28)32)34(45)37-30-16-10-7-11-23(30)3;1-9-27(46-28-19-14-23(34(4,5)10-2)22-26(28)35(6,7)11-3)31(44)36-24-15-17-25(18-16-24)43-32(45)29(47-33-37-39-40-41(33)8)30(38-43)42-20-12-13-21-42/h4-20,22,44H,21H2,1-3H3,(H,37,45);14-19,22,27,29H,9-13,20-21H2,1-8H3,(H,36,44). The molecule has 4 amide bonds. The zero-order chi connectivity index (χ0) is 69.3. The molecule has 4 heterocycles. The van der Waals surface area contributed by atoms with Crippen molar-refractivity contribution in [2.24, 2.45) is 12.1 Å². The fourth-order valence-corrected chi connectivity index (χ4v) is 12.8. The van der Waals surface area contributed by atoms with Crippen molar-refractivity contribution in [3.8, 4) is 28.7 Å². The lowest BCUT2D eigenvalue weighted by Gasteiger charge is -2.31. The summed E-state index contributed by atoms with van der Waals surface area (Å²) in [6, 6.07) is 42.1. The Hall–Kier alpha value is -10.2. The van der Waals surface area contributed by atoms with Gasteiger partial charge in [0.2, 0.25) is 10.3 Å². The summed E-state index contributed by atoms with van der Waals surface area (Å²) in [6.45, 7) is 22.4. The highest BCUT2D eigenvalue weighted by Gasteiger charge is 2.42. The molecule has 2 unspecified atom stereocenters. The van der Waals surface area contributed by atoms with E-state index in [1.165, 1.54) is 56.2 Å². The van der Waals surface area contributed by atoms with Gasteiger partial charge in [0.25, 0.3) is 28.6 Å². The number of amides is 4. The Balaban J connectivity index is 0.000000211. The average Bonchev–Trinajstić information content (AvgIpc) is 1.27. The summed E-state index contributed by atoms with van der Waals surface area (Å²) in [5, 5.41) is 59.3. The summed E-state index contributed by atoms with van der Waals surface area (Å²) in [4.78, 5) is 69.5. The van der Waals surface area contributed by atoms with Crippen LogP contribution in [0, 0.1) is 17.0 Å². The van der Waals surface area contributed by atoms with Crippen LogP contribution in [0.2, 0.25) is 0 Å². The highest BCUT2D eigenvalue weighted by atomic mass is 32.2. The highest BCUT2D eigenvalue weighted by molar-refractivity contribution is 8.13. The van der Waals surface area contributed by atoms with Gasteiger partial charge < -0.3 is 35.0 Å². The lowest BCUT2D eigenvalue weighted by Crippen LogP contribution is -2.37. The molecule has 0 spiro atoms. The van der Waals surface area contributed by atoms with Crippen LogP contribution < -0.4 is 25.1 Å². The Kier molecular flexibility index (Phi) is 21.7. The number of nitrogens with zero attached hydrogens (tertiary/aromatic N) is 13. The number of carbonyl (C=O) groups excluding carboxylic acids is 4. The Bertz CT molecular complexity index is 4380. The molecule has 3 N–H and O–H groups in total. The van der Waals surface area contributed by atoms with Crippen LogP contribution in [0.3, 0.4) is 0 Å². The van der Waals surface area contributed by atoms with Gasteiger partial charge in [-0.15, -0.1) is 10.2 Å². The third kappa shape index (κ3) is 15.9. The van der Waals surface area contributed by atoms with Gasteiger partial charge in [0, 0.05) is 83.3 Å². The number of anilines is 3. The van der Waals surface area contributed by atoms with Crippen molar-refractivity contribution in [1.29, 1.82) is 0 Å². The van der Waals surface area contributed by atoms with E-state index in [-0.39, 0.29) is 68.9 Å². The molecule has 2 aliphatic rings. The number of likely N-dealkylation sites (tertiary alicyclic amines) is 1. The van der Waals surface area contributed by atoms with Crippen LogP contribution in [0.1, 0.15) is 127 Å². The van der Waals surface area contributed by atoms with E-state index in [1.54, 1.807) is 72.4 Å². The van der Waals surface area contributed by atoms with Gasteiger partial charge >= 0.3 is 0 Å². The van der Waals surface area contributed by atoms with Crippen molar-refractivity contribution >= 4 is 85.8 Å². The molecule has 26 heteroatoms. The van der Waals surface area contributed by atoms with Gasteiger partial charge in [0.1, 0.15) is 28.8 Å². The number of nitrogens with one attached hydrogen (secondary N) is 2. The number of non-ortho nitro benzene ring substituents is 1. The van der Waals surface area contributed by atoms with E-state index in [2.05, 4.69) is 100 Å². The SMILES string of the molecule is CCC(Oc1ccc(C(C)(C)CC)cc1C(C)(C)CC)C(=O)Nc1ccc(N2N=C(N3CCCC3)C(Sc3nnnn3C)C2=O)cc1.Cc1ccccc1NC(=O)c1cc(Oc2ccc([N+](=O)[O-])cc2CN(C(=O)Sc2nnnn2-c2ccccc2)C(C)C)c2ccccc2c1O. The number of tetrazole rings is 2. The Morgan fingerprint density at radius 1 is 0.763 bits per heavy atom. The maximum absolute atomic E-state index is 13.8. The van der Waals surface area contributed by atoms with Gasteiger partial charge in [-0.05, 0) is 156 Å². The monoisotopic (exact) mass is 1350 g/mol. The highest BCUT2D eigenvalue weighted by Crippen LogP contribution is 2.43. The molecule has 11 rings (SSSR count). The molecule has 2 atom stereocenters. The molecule has 1 fully saturated rings. The van der Waals surface area contributed by atoms with E-state index in [0.29, 0.717) is 50.7 Å². The fraction of sp³-hybridized carbons (Fsp3) is 0.338. The number of hydrogen-bond donors (Lipinski definition) is 3. The Morgan fingerprint density at radius 2 is 1.42 bits per heavy atom. The normalized spacial score (nSPS) is 14.2. The van der Waals surface area contributed by atoms with E-state index < -0.39 is 27.4 Å². The molecule has 1 saturated heterocycles. The maximum Gasteiger partial charge on any atom is 0.290 e. The number of benzene rings is 7. The van der Waals surface area contributed by atoms with Crippen molar-refractivity contribution in [1.82, 2.24) is 50.2 Å². The van der Waals surface area contributed by atoms with Crippen LogP contribution in [0.25, 0.3) is 16.5 Å². The number of phenolic OH excluding ortho intramolecular Hbond substituents is 1. The van der Waals surface area contributed by atoms with Crippen LogP contribution in [-0.4, -0.2) is 120 Å². The number of thioether (sulfide) groups is 2. The molecule has 0 saturated carbocycles. The number of nitro groups is 1. The van der Waals surface area contributed by atoms with Gasteiger partial charge in [-0.2, -0.15) is 14.8 Å². The second-order valence-corrected chi connectivity index (χ2v) is 27.1. The van der Waals surface area contributed by atoms with Crippen molar-refractivity contribution in [2.75, 3.05) is 28.7 Å². The fourth-order valence-electron chi connectivity index (χ4n) is 10.9. The predicted octanol–water partition coefficient (Wildman–Crippen LogP) is 14.2. The second-order valence-electron chi connectivity index (χ2n) is 25.2. The van der Waals surface area contributed by atoms with E-state index >= 15 is 0 Å². The van der Waals surface area contributed by atoms with E-state index in [4.69, 9.17) is 14.6 Å². The maximum atomic E-state index is 13.8.